The lowest BCUT2D eigenvalue weighted by atomic mass is 10.3. The maximum absolute atomic E-state index is 10.4. The fourth-order valence-corrected chi connectivity index (χ4v) is 0.791. The molecule has 1 unspecified atom stereocenters. The van der Waals surface area contributed by atoms with Crippen molar-refractivity contribution in [3.8, 4) is 12.3 Å². The number of hydrogen-bond donors (Lipinski definition) is 2. The summed E-state index contributed by atoms with van der Waals surface area (Å²) in [7, 11) is 0. The van der Waals surface area contributed by atoms with E-state index in [4.69, 9.17) is 17.3 Å². The molecule has 0 saturated carbocycles. The van der Waals surface area contributed by atoms with E-state index in [1.54, 1.807) is 4.90 Å². The smallest absolute Gasteiger partial charge is 0.321 e. The van der Waals surface area contributed by atoms with Crippen LogP contribution >= 0.6 is 0 Å². The molecular weight excluding hydrogens is 156 g/mol. The molecule has 12 heavy (non-hydrogen) atoms. The van der Waals surface area contributed by atoms with Crippen molar-refractivity contribution >= 4 is 5.97 Å². The molecule has 0 saturated heterocycles. The van der Waals surface area contributed by atoms with Crippen LogP contribution in [-0.4, -0.2) is 41.7 Å². The molecule has 0 fully saturated rings. The van der Waals surface area contributed by atoms with Gasteiger partial charge >= 0.3 is 5.97 Å². The van der Waals surface area contributed by atoms with Gasteiger partial charge in [-0.3, -0.25) is 9.69 Å². The van der Waals surface area contributed by atoms with Gasteiger partial charge in [-0.05, 0) is 6.54 Å². The minimum atomic E-state index is -0.995. The lowest BCUT2D eigenvalue weighted by Crippen LogP contribution is -2.42. The van der Waals surface area contributed by atoms with Crippen LogP contribution in [0.15, 0.2) is 0 Å². The van der Waals surface area contributed by atoms with Crippen molar-refractivity contribution in [1.82, 2.24) is 4.90 Å². The maximum Gasteiger partial charge on any atom is 0.321 e. The third-order valence-corrected chi connectivity index (χ3v) is 1.53. The Kier molecular flexibility index (Phi) is 5.09. The number of aliphatic carboxylic acids is 1. The first-order valence-electron chi connectivity index (χ1n) is 3.76. The van der Waals surface area contributed by atoms with Crippen LogP contribution in [0.3, 0.4) is 0 Å². The first kappa shape index (κ1) is 11.0. The predicted octanol–water partition coefficient (Wildman–Crippen LogP) is -0.647. The number of hydrogen-bond acceptors (Lipinski definition) is 3. The number of rotatable bonds is 5. The standard InChI is InChI=1S/C8H14N2O2/c1-3-5-10(4-2)6-7(9)8(11)12/h1,7H,4-6,9H2,2H3,(H,11,12). The Hall–Kier alpha value is -1.05. The lowest BCUT2D eigenvalue weighted by molar-refractivity contribution is -0.138. The first-order valence-corrected chi connectivity index (χ1v) is 3.76. The molecule has 4 nitrogen and oxygen atoms in total. The van der Waals surface area contributed by atoms with E-state index in [1.807, 2.05) is 6.92 Å². The molecule has 0 rings (SSSR count). The van der Waals surface area contributed by atoms with Crippen LogP contribution in [0.5, 0.6) is 0 Å². The van der Waals surface area contributed by atoms with Crippen LogP contribution in [0.4, 0.5) is 0 Å². The third-order valence-electron chi connectivity index (χ3n) is 1.53. The Morgan fingerprint density at radius 2 is 2.42 bits per heavy atom. The molecule has 0 heterocycles. The summed E-state index contributed by atoms with van der Waals surface area (Å²) in [6, 6.07) is -0.849. The number of nitrogens with two attached hydrogens (primary N) is 1. The molecule has 0 bridgehead atoms. The molecule has 0 radical (unpaired) electrons. The van der Waals surface area contributed by atoms with E-state index in [2.05, 4.69) is 5.92 Å². The average Bonchev–Trinajstić information content (AvgIpc) is 2.03. The molecule has 4 heteroatoms. The van der Waals surface area contributed by atoms with Crippen molar-refractivity contribution in [3.63, 3.8) is 0 Å². The number of likely N-dealkylation sites (N-methyl/N-ethyl adjacent to an activating group) is 1. The highest BCUT2D eigenvalue weighted by Gasteiger charge is 2.14. The number of carboxylic acid groups (broad SMARTS) is 1. The highest BCUT2D eigenvalue weighted by atomic mass is 16.4. The van der Waals surface area contributed by atoms with Crippen molar-refractivity contribution in [1.29, 1.82) is 0 Å². The van der Waals surface area contributed by atoms with Crippen LogP contribution in [-0.2, 0) is 4.79 Å². The highest BCUT2D eigenvalue weighted by molar-refractivity contribution is 5.73. The van der Waals surface area contributed by atoms with Crippen LogP contribution in [0.1, 0.15) is 6.92 Å². The van der Waals surface area contributed by atoms with Gasteiger partial charge in [0.25, 0.3) is 0 Å². The summed E-state index contributed by atoms with van der Waals surface area (Å²) in [5.41, 5.74) is 5.31. The van der Waals surface area contributed by atoms with Gasteiger partial charge < -0.3 is 10.8 Å². The molecule has 0 amide bonds. The monoisotopic (exact) mass is 170 g/mol. The maximum atomic E-state index is 10.4. The van der Waals surface area contributed by atoms with Crippen molar-refractivity contribution in [2.75, 3.05) is 19.6 Å². The van der Waals surface area contributed by atoms with Crippen molar-refractivity contribution < 1.29 is 9.90 Å². The Morgan fingerprint density at radius 1 is 1.83 bits per heavy atom. The van der Waals surface area contributed by atoms with Gasteiger partial charge in [0.1, 0.15) is 6.04 Å². The fraction of sp³-hybridized carbons (Fsp3) is 0.625. The highest BCUT2D eigenvalue weighted by Crippen LogP contribution is 1.89. The summed E-state index contributed by atoms with van der Waals surface area (Å²) in [5, 5.41) is 8.49. The minimum Gasteiger partial charge on any atom is -0.480 e. The van der Waals surface area contributed by atoms with Gasteiger partial charge in [-0.15, -0.1) is 6.42 Å². The average molecular weight is 170 g/mol. The van der Waals surface area contributed by atoms with Gasteiger partial charge in [-0.25, -0.2) is 0 Å². The summed E-state index contributed by atoms with van der Waals surface area (Å²) < 4.78 is 0. The van der Waals surface area contributed by atoms with Gasteiger partial charge in [0.2, 0.25) is 0 Å². The van der Waals surface area contributed by atoms with E-state index in [1.165, 1.54) is 0 Å². The molecule has 68 valence electrons. The molecular formula is C8H14N2O2. The topological polar surface area (TPSA) is 66.6 Å². The fourth-order valence-electron chi connectivity index (χ4n) is 0.791. The van der Waals surface area contributed by atoms with Gasteiger partial charge in [-0.1, -0.05) is 12.8 Å². The Labute approximate surface area is 72.3 Å². The summed E-state index contributed by atoms with van der Waals surface area (Å²) >= 11 is 0. The molecule has 0 spiro atoms. The third kappa shape index (κ3) is 3.96. The van der Waals surface area contributed by atoms with Crippen LogP contribution in [0.25, 0.3) is 0 Å². The molecule has 0 aliphatic rings. The van der Waals surface area contributed by atoms with E-state index in [0.717, 1.165) is 0 Å². The minimum absolute atomic E-state index is 0.302. The number of terminal acetylenes is 1. The predicted molar refractivity (Wildman–Crippen MR) is 46.6 cm³/mol. The SMILES string of the molecule is C#CCN(CC)CC(N)C(=O)O. The Morgan fingerprint density at radius 3 is 2.75 bits per heavy atom. The first-order chi connectivity index (χ1) is 5.61. The molecule has 0 aromatic carbocycles. The van der Waals surface area contributed by atoms with E-state index < -0.39 is 12.0 Å². The molecule has 3 N–H and O–H groups in total. The summed E-state index contributed by atoms with van der Waals surface area (Å²) in [4.78, 5) is 12.2. The summed E-state index contributed by atoms with van der Waals surface area (Å²) in [6.07, 6.45) is 5.08. The van der Waals surface area contributed by atoms with E-state index in [-0.39, 0.29) is 0 Å². The van der Waals surface area contributed by atoms with E-state index >= 15 is 0 Å². The zero-order valence-corrected chi connectivity index (χ0v) is 7.16. The second-order valence-corrected chi connectivity index (χ2v) is 2.48. The Balaban J connectivity index is 3.86. The second-order valence-electron chi connectivity index (χ2n) is 2.48. The van der Waals surface area contributed by atoms with Crippen LogP contribution in [0.2, 0.25) is 0 Å². The zero-order valence-electron chi connectivity index (χ0n) is 7.16. The van der Waals surface area contributed by atoms with E-state index in [0.29, 0.717) is 19.6 Å². The van der Waals surface area contributed by atoms with Crippen molar-refractivity contribution in [2.24, 2.45) is 5.73 Å². The number of nitrogens with zero attached hydrogens (tertiary/aromatic N) is 1. The number of carboxylic acids is 1. The van der Waals surface area contributed by atoms with Crippen molar-refractivity contribution in [3.05, 3.63) is 0 Å². The normalized spacial score (nSPS) is 12.5. The quantitative estimate of drug-likeness (QED) is 0.538. The summed E-state index contributed by atoms with van der Waals surface area (Å²) in [6.45, 7) is 3.37. The van der Waals surface area contributed by atoms with Gasteiger partial charge in [0.15, 0.2) is 0 Å². The van der Waals surface area contributed by atoms with Gasteiger partial charge in [0.05, 0.1) is 6.54 Å². The summed E-state index contributed by atoms with van der Waals surface area (Å²) in [5.74, 6) is 1.45. The molecule has 0 aliphatic carbocycles. The van der Waals surface area contributed by atoms with Gasteiger partial charge in [-0.2, -0.15) is 0 Å². The van der Waals surface area contributed by atoms with Crippen molar-refractivity contribution in [2.45, 2.75) is 13.0 Å². The van der Waals surface area contributed by atoms with Gasteiger partial charge in [0, 0.05) is 6.54 Å². The Bertz CT molecular complexity index is 186. The molecule has 0 aromatic rings. The largest absolute Gasteiger partial charge is 0.480 e. The second kappa shape index (κ2) is 5.58. The zero-order chi connectivity index (χ0) is 9.56. The molecule has 1 atom stereocenters. The van der Waals surface area contributed by atoms with Crippen LogP contribution < -0.4 is 5.73 Å². The molecule has 0 aromatic heterocycles. The van der Waals surface area contributed by atoms with Crippen LogP contribution in [0, 0.1) is 12.3 Å². The lowest BCUT2D eigenvalue weighted by Gasteiger charge is -2.19. The van der Waals surface area contributed by atoms with E-state index in [9.17, 15) is 4.79 Å². The number of carbonyl (C=O) groups is 1. The molecule has 0 aliphatic heterocycles.